The molecule has 1 N–H and O–H groups in total. The molecule has 2 aromatic carbocycles. The monoisotopic (exact) mass is 400 g/mol. The third kappa shape index (κ3) is 2.57. The third-order valence-electron chi connectivity index (χ3n) is 5.35. The lowest BCUT2D eigenvalue weighted by Crippen LogP contribution is -2.45. The van der Waals surface area contributed by atoms with E-state index < -0.39 is 12.1 Å². The number of fused-ring (bicyclic) bond motifs is 3. The fourth-order valence-corrected chi connectivity index (χ4v) is 4.07. The molecule has 1 saturated heterocycles. The van der Waals surface area contributed by atoms with Crippen molar-refractivity contribution in [2.24, 2.45) is 0 Å². The molecule has 0 bridgehead atoms. The van der Waals surface area contributed by atoms with Gasteiger partial charge in [-0.05, 0) is 23.8 Å². The highest BCUT2D eigenvalue weighted by Gasteiger charge is 2.45. The lowest BCUT2D eigenvalue weighted by molar-refractivity contribution is 0.149. The van der Waals surface area contributed by atoms with E-state index in [-0.39, 0.29) is 19.6 Å². The minimum absolute atomic E-state index is 0.169. The Labute approximate surface area is 167 Å². The quantitative estimate of drug-likeness (QED) is 0.838. The van der Waals surface area contributed by atoms with Gasteiger partial charge in [0.2, 0.25) is 12.5 Å². The number of hydrogen-bond acceptors (Lipinski definition) is 8. The smallest absolute Gasteiger partial charge is 0.412 e. The molecule has 152 valence electrons. The van der Waals surface area contributed by atoms with Gasteiger partial charge >= 0.3 is 6.09 Å². The molecule has 29 heavy (non-hydrogen) atoms. The van der Waals surface area contributed by atoms with E-state index in [4.69, 9.17) is 28.4 Å². The molecule has 1 amide bonds. The summed E-state index contributed by atoms with van der Waals surface area (Å²) in [6.45, 7) is 0.413. The van der Waals surface area contributed by atoms with Crippen LogP contribution in [-0.2, 0) is 4.74 Å². The third-order valence-corrected chi connectivity index (χ3v) is 5.35. The Kier molecular flexibility index (Phi) is 3.97. The van der Waals surface area contributed by atoms with Gasteiger partial charge in [0, 0.05) is 17.3 Å². The molecule has 2 atom stereocenters. The van der Waals surface area contributed by atoms with Crippen molar-refractivity contribution < 1.29 is 33.2 Å². The number of carbonyl (C=O) groups excluding carboxylic acids is 1. The van der Waals surface area contributed by atoms with Crippen LogP contribution in [0.3, 0.4) is 0 Å². The van der Waals surface area contributed by atoms with Crippen LogP contribution < -0.4 is 29.0 Å². The van der Waals surface area contributed by atoms with Gasteiger partial charge in [0.05, 0.1) is 27.4 Å². The molecule has 3 aliphatic heterocycles. The van der Waals surface area contributed by atoms with E-state index in [1.807, 2.05) is 24.3 Å². The Bertz CT molecular complexity index is 968. The topological polar surface area (TPSA) is 87.7 Å². The lowest BCUT2D eigenvalue weighted by atomic mass is 9.92. The first kappa shape index (κ1) is 17.6. The molecule has 0 aromatic heterocycles. The predicted molar refractivity (Wildman–Crippen MR) is 101 cm³/mol. The Morgan fingerprint density at radius 1 is 0.966 bits per heavy atom. The first-order valence-corrected chi connectivity index (χ1v) is 9.09. The fourth-order valence-electron chi connectivity index (χ4n) is 4.07. The van der Waals surface area contributed by atoms with Crippen molar-refractivity contribution in [3.05, 3.63) is 35.4 Å². The Balaban J connectivity index is 1.71. The number of nitrogens with one attached hydrogen (secondary N) is 1. The van der Waals surface area contributed by atoms with Crippen LogP contribution >= 0.6 is 0 Å². The summed E-state index contributed by atoms with van der Waals surface area (Å²) in [6, 6.07) is 7.03. The van der Waals surface area contributed by atoms with Crippen molar-refractivity contribution in [2.75, 3.05) is 40.0 Å². The van der Waals surface area contributed by atoms with Crippen molar-refractivity contribution in [2.45, 2.75) is 12.2 Å². The summed E-state index contributed by atoms with van der Waals surface area (Å²) in [5.41, 5.74) is 2.51. The second-order valence-electron chi connectivity index (χ2n) is 6.80. The summed E-state index contributed by atoms with van der Waals surface area (Å²) in [5, 5.41) is 3.36. The number of hydrogen-bond donors (Lipinski definition) is 1. The summed E-state index contributed by atoms with van der Waals surface area (Å²) in [4.78, 5) is 14.3. The first-order chi connectivity index (χ1) is 14.1. The normalized spacial score (nSPS) is 21.1. The minimum atomic E-state index is -0.436. The summed E-state index contributed by atoms with van der Waals surface area (Å²) < 4.78 is 32.8. The molecule has 2 aromatic rings. The van der Waals surface area contributed by atoms with Crippen LogP contribution in [0.25, 0.3) is 0 Å². The van der Waals surface area contributed by atoms with E-state index in [0.29, 0.717) is 28.7 Å². The highest BCUT2D eigenvalue weighted by Crippen LogP contribution is 2.49. The maximum absolute atomic E-state index is 12.6. The maximum atomic E-state index is 12.6. The van der Waals surface area contributed by atoms with E-state index in [2.05, 4.69) is 5.32 Å². The van der Waals surface area contributed by atoms with Crippen LogP contribution in [0.4, 0.5) is 10.5 Å². The Morgan fingerprint density at radius 3 is 2.31 bits per heavy atom. The fraction of sp³-hybridized carbons (Fsp3) is 0.350. The zero-order valence-corrected chi connectivity index (χ0v) is 16.2. The van der Waals surface area contributed by atoms with E-state index in [9.17, 15) is 4.79 Å². The number of rotatable bonds is 4. The zero-order valence-electron chi connectivity index (χ0n) is 16.2. The van der Waals surface area contributed by atoms with E-state index in [1.165, 1.54) is 0 Å². The van der Waals surface area contributed by atoms with Gasteiger partial charge in [-0.3, -0.25) is 4.90 Å². The zero-order chi connectivity index (χ0) is 20.1. The van der Waals surface area contributed by atoms with Gasteiger partial charge in [-0.2, -0.15) is 0 Å². The highest BCUT2D eigenvalue weighted by atomic mass is 16.7. The minimum Gasteiger partial charge on any atom is -0.493 e. The summed E-state index contributed by atoms with van der Waals surface area (Å²) >= 11 is 0. The Hall–Kier alpha value is -3.49. The van der Waals surface area contributed by atoms with Gasteiger partial charge in [-0.1, -0.05) is 0 Å². The number of amides is 1. The molecule has 0 radical (unpaired) electrons. The molecule has 0 spiro atoms. The molecule has 9 nitrogen and oxygen atoms in total. The van der Waals surface area contributed by atoms with Crippen LogP contribution in [-0.4, -0.2) is 51.9 Å². The Morgan fingerprint density at radius 2 is 1.66 bits per heavy atom. The largest absolute Gasteiger partial charge is 0.493 e. The van der Waals surface area contributed by atoms with Crippen molar-refractivity contribution in [1.29, 1.82) is 0 Å². The van der Waals surface area contributed by atoms with Gasteiger partial charge < -0.3 is 33.7 Å². The van der Waals surface area contributed by atoms with Crippen LogP contribution in [0.1, 0.15) is 17.2 Å². The van der Waals surface area contributed by atoms with E-state index in [1.54, 1.807) is 26.2 Å². The molecular formula is C20H20N2O7. The van der Waals surface area contributed by atoms with Crippen LogP contribution in [0.5, 0.6) is 28.7 Å². The van der Waals surface area contributed by atoms with Crippen molar-refractivity contribution in [1.82, 2.24) is 4.90 Å². The van der Waals surface area contributed by atoms with Crippen molar-refractivity contribution >= 4 is 11.8 Å². The highest BCUT2D eigenvalue weighted by molar-refractivity contribution is 5.77. The number of cyclic esters (lactones) is 1. The number of carbonyl (C=O) groups is 1. The van der Waals surface area contributed by atoms with Crippen molar-refractivity contribution in [3.8, 4) is 28.7 Å². The molecule has 1 fully saturated rings. The molecule has 3 heterocycles. The summed E-state index contributed by atoms with van der Waals surface area (Å²) in [6.07, 6.45) is -0.705. The number of nitrogens with zero attached hydrogens (tertiary/aromatic N) is 1. The molecule has 0 aliphatic carbocycles. The second kappa shape index (κ2) is 6.54. The SMILES string of the molecule is COc1cc([C@@H]2c3cc4c(cc3N[C@H]3COC(=O)N23)OCO4)cc(OC)c1OC. The molecule has 3 aliphatic rings. The number of anilines is 1. The van der Waals surface area contributed by atoms with Gasteiger partial charge in [0.25, 0.3) is 0 Å². The van der Waals surface area contributed by atoms with Gasteiger partial charge in [-0.15, -0.1) is 0 Å². The number of benzene rings is 2. The molecule has 0 unspecified atom stereocenters. The average molecular weight is 400 g/mol. The summed E-state index contributed by atoms with van der Waals surface area (Å²) in [7, 11) is 4.67. The van der Waals surface area contributed by atoms with Crippen molar-refractivity contribution in [3.63, 3.8) is 0 Å². The first-order valence-electron chi connectivity index (χ1n) is 9.09. The molecule has 9 heteroatoms. The number of ether oxygens (including phenoxy) is 6. The second-order valence-corrected chi connectivity index (χ2v) is 6.80. The van der Waals surface area contributed by atoms with Gasteiger partial charge in [0.1, 0.15) is 12.8 Å². The average Bonchev–Trinajstić information content (AvgIpc) is 3.35. The molecular weight excluding hydrogens is 380 g/mol. The molecule has 5 rings (SSSR count). The van der Waals surface area contributed by atoms with E-state index >= 15 is 0 Å². The maximum Gasteiger partial charge on any atom is 0.412 e. The lowest BCUT2D eigenvalue weighted by Gasteiger charge is -2.38. The predicted octanol–water partition coefficient (Wildman–Crippen LogP) is 2.73. The standard InChI is InChI=1S/C20H20N2O7/c1-24-15-4-10(5-16(25-2)19(15)26-3)18-11-6-13-14(29-9-28-13)7-12(11)21-17-8-27-20(23)22(17)18/h4-7,17-18,21H,8-9H2,1-3H3/t17-,18-/m1/s1. The van der Waals surface area contributed by atoms with Gasteiger partial charge in [-0.25, -0.2) is 4.79 Å². The van der Waals surface area contributed by atoms with Crippen LogP contribution in [0, 0.1) is 0 Å². The number of methoxy groups -OCH3 is 3. The van der Waals surface area contributed by atoms with Gasteiger partial charge in [0.15, 0.2) is 23.0 Å². The van der Waals surface area contributed by atoms with Crippen LogP contribution in [0.15, 0.2) is 24.3 Å². The molecule has 0 saturated carbocycles. The van der Waals surface area contributed by atoms with Crippen LogP contribution in [0.2, 0.25) is 0 Å². The summed E-state index contributed by atoms with van der Waals surface area (Å²) in [5.74, 6) is 2.80. The van der Waals surface area contributed by atoms with E-state index in [0.717, 1.165) is 16.8 Å².